The SMILES string of the molecule is O[C@H]1c2c(F)c(F)c(F)c(F)c2[C@@H]2C=C[C@H]1C2. The number of rotatable bonds is 0. The second-order valence-corrected chi connectivity index (χ2v) is 4.42. The highest BCUT2D eigenvalue weighted by Gasteiger charge is 2.41. The van der Waals surface area contributed by atoms with Crippen molar-refractivity contribution < 1.29 is 22.7 Å². The Morgan fingerprint density at radius 2 is 1.47 bits per heavy atom. The molecule has 0 heterocycles. The van der Waals surface area contributed by atoms with Crippen LogP contribution in [0.1, 0.15) is 29.6 Å². The summed E-state index contributed by atoms with van der Waals surface area (Å²) in [5.74, 6) is -7.39. The van der Waals surface area contributed by atoms with Crippen molar-refractivity contribution in [2.24, 2.45) is 5.92 Å². The Hall–Kier alpha value is -1.36. The van der Waals surface area contributed by atoms with Crippen molar-refractivity contribution in [1.29, 1.82) is 0 Å². The molecule has 90 valence electrons. The van der Waals surface area contributed by atoms with Crippen LogP contribution in [0.5, 0.6) is 0 Å². The molecule has 0 saturated heterocycles. The van der Waals surface area contributed by atoms with Gasteiger partial charge >= 0.3 is 0 Å². The molecule has 0 radical (unpaired) electrons. The molecule has 3 atom stereocenters. The van der Waals surface area contributed by atoms with Gasteiger partial charge in [-0.1, -0.05) is 12.2 Å². The van der Waals surface area contributed by atoms with E-state index in [1.807, 2.05) is 0 Å². The first-order valence-corrected chi connectivity index (χ1v) is 5.24. The Kier molecular flexibility index (Phi) is 2.10. The van der Waals surface area contributed by atoms with Gasteiger partial charge in [-0.05, 0) is 6.42 Å². The number of fused-ring (bicyclic) bond motifs is 4. The average Bonchev–Trinajstić information content (AvgIpc) is 2.74. The largest absolute Gasteiger partial charge is 0.388 e. The third-order valence-electron chi connectivity index (χ3n) is 3.53. The lowest BCUT2D eigenvalue weighted by atomic mass is 9.79. The first kappa shape index (κ1) is 10.8. The Morgan fingerprint density at radius 1 is 0.882 bits per heavy atom. The van der Waals surface area contributed by atoms with Crippen molar-refractivity contribution in [2.75, 3.05) is 0 Å². The van der Waals surface area contributed by atoms with Gasteiger partial charge < -0.3 is 5.11 Å². The van der Waals surface area contributed by atoms with Gasteiger partial charge in [-0.25, -0.2) is 17.6 Å². The number of benzene rings is 1. The van der Waals surface area contributed by atoms with Gasteiger partial charge in [0.2, 0.25) is 0 Å². The smallest absolute Gasteiger partial charge is 0.197 e. The molecular formula is C12H8F4O. The van der Waals surface area contributed by atoms with Gasteiger partial charge in [0.25, 0.3) is 0 Å². The van der Waals surface area contributed by atoms with Crippen LogP contribution >= 0.6 is 0 Å². The first-order chi connectivity index (χ1) is 8.02. The maximum absolute atomic E-state index is 13.6. The van der Waals surface area contributed by atoms with Crippen LogP contribution in [0.25, 0.3) is 0 Å². The number of aliphatic hydroxyl groups is 1. The van der Waals surface area contributed by atoms with Gasteiger partial charge in [0.1, 0.15) is 0 Å². The maximum atomic E-state index is 13.6. The molecule has 1 aromatic rings. The van der Waals surface area contributed by atoms with E-state index in [0.29, 0.717) is 6.42 Å². The lowest BCUT2D eigenvalue weighted by Gasteiger charge is -2.29. The standard InChI is InChI=1S/C12H8F4O/c13-8-6-4-1-2-5(3-4)12(17)7(6)9(14)11(16)10(8)15/h1-2,4-5,12,17H,3H2/t4-,5+,12-/m1/s1. The van der Waals surface area contributed by atoms with Crippen LogP contribution in [-0.4, -0.2) is 5.11 Å². The molecule has 0 amide bonds. The summed E-state index contributed by atoms with van der Waals surface area (Å²) in [6, 6.07) is 0. The number of allylic oxidation sites excluding steroid dienone is 1. The molecule has 1 aromatic carbocycles. The molecule has 0 unspecified atom stereocenters. The van der Waals surface area contributed by atoms with Crippen LogP contribution in [0.2, 0.25) is 0 Å². The summed E-state index contributed by atoms with van der Waals surface area (Å²) in [7, 11) is 0. The van der Waals surface area contributed by atoms with Gasteiger partial charge in [-0.15, -0.1) is 0 Å². The molecule has 1 nitrogen and oxygen atoms in total. The molecule has 17 heavy (non-hydrogen) atoms. The maximum Gasteiger partial charge on any atom is 0.197 e. The fraction of sp³-hybridized carbons (Fsp3) is 0.333. The van der Waals surface area contributed by atoms with E-state index in [0.717, 1.165) is 0 Å². The second kappa shape index (κ2) is 3.32. The average molecular weight is 244 g/mol. The summed E-state index contributed by atoms with van der Waals surface area (Å²) in [5.41, 5.74) is -0.688. The normalized spacial score (nSPS) is 29.6. The van der Waals surface area contributed by atoms with E-state index < -0.39 is 40.9 Å². The number of aliphatic hydroxyl groups excluding tert-OH is 1. The van der Waals surface area contributed by atoms with Gasteiger partial charge in [0, 0.05) is 23.0 Å². The number of hydrogen-bond acceptors (Lipinski definition) is 1. The fourth-order valence-electron chi connectivity index (χ4n) is 2.71. The highest BCUT2D eigenvalue weighted by Crippen LogP contribution is 2.49. The van der Waals surface area contributed by atoms with Crippen molar-refractivity contribution in [1.82, 2.24) is 0 Å². The predicted molar refractivity (Wildman–Crippen MR) is 51.2 cm³/mol. The summed E-state index contributed by atoms with van der Waals surface area (Å²) in [6.45, 7) is 0. The molecular weight excluding hydrogens is 236 g/mol. The Balaban J connectivity index is 2.36. The van der Waals surface area contributed by atoms with E-state index in [4.69, 9.17) is 0 Å². The zero-order valence-corrected chi connectivity index (χ0v) is 8.55. The van der Waals surface area contributed by atoms with Crippen LogP contribution in [0.4, 0.5) is 17.6 Å². The lowest BCUT2D eigenvalue weighted by molar-refractivity contribution is 0.113. The molecule has 0 aromatic heterocycles. The molecule has 5 heteroatoms. The van der Waals surface area contributed by atoms with Crippen molar-refractivity contribution in [2.45, 2.75) is 18.4 Å². The van der Waals surface area contributed by atoms with Crippen molar-refractivity contribution >= 4 is 0 Å². The van der Waals surface area contributed by atoms with Gasteiger partial charge in [0.05, 0.1) is 6.10 Å². The van der Waals surface area contributed by atoms with E-state index in [1.165, 1.54) is 0 Å². The summed E-state index contributed by atoms with van der Waals surface area (Å²) in [6.07, 6.45) is 2.31. The van der Waals surface area contributed by atoms with Crippen LogP contribution in [0, 0.1) is 29.2 Å². The van der Waals surface area contributed by atoms with E-state index >= 15 is 0 Å². The number of hydrogen-bond donors (Lipinski definition) is 1. The third kappa shape index (κ3) is 1.23. The molecule has 0 fully saturated rings. The van der Waals surface area contributed by atoms with Crippen LogP contribution in [0.15, 0.2) is 12.2 Å². The Morgan fingerprint density at radius 3 is 2.12 bits per heavy atom. The topological polar surface area (TPSA) is 20.2 Å². The van der Waals surface area contributed by atoms with Crippen molar-refractivity contribution in [3.63, 3.8) is 0 Å². The zero-order chi connectivity index (χ0) is 12.3. The lowest BCUT2D eigenvalue weighted by Crippen LogP contribution is -2.22. The molecule has 0 aliphatic heterocycles. The second-order valence-electron chi connectivity index (χ2n) is 4.42. The van der Waals surface area contributed by atoms with Crippen molar-refractivity contribution in [3.05, 3.63) is 46.5 Å². The highest BCUT2D eigenvalue weighted by atomic mass is 19.2. The van der Waals surface area contributed by atoms with Gasteiger partial charge in [0.15, 0.2) is 23.3 Å². The molecule has 2 bridgehead atoms. The first-order valence-electron chi connectivity index (χ1n) is 5.24. The van der Waals surface area contributed by atoms with Gasteiger partial charge in [-0.2, -0.15) is 0 Å². The molecule has 2 aliphatic rings. The van der Waals surface area contributed by atoms with Crippen LogP contribution < -0.4 is 0 Å². The highest BCUT2D eigenvalue weighted by molar-refractivity contribution is 5.44. The van der Waals surface area contributed by atoms with E-state index in [-0.39, 0.29) is 11.5 Å². The summed E-state index contributed by atoms with van der Waals surface area (Å²) < 4.78 is 53.4. The minimum absolute atomic E-state index is 0.251. The summed E-state index contributed by atoms with van der Waals surface area (Å²) in [4.78, 5) is 0. The molecule has 3 rings (SSSR count). The molecule has 0 spiro atoms. The quantitative estimate of drug-likeness (QED) is 0.322. The van der Waals surface area contributed by atoms with Crippen LogP contribution in [-0.2, 0) is 0 Å². The van der Waals surface area contributed by atoms with E-state index in [9.17, 15) is 22.7 Å². The monoisotopic (exact) mass is 244 g/mol. The van der Waals surface area contributed by atoms with Gasteiger partial charge in [-0.3, -0.25) is 0 Å². The Labute approximate surface area is 94.4 Å². The number of halogens is 4. The Bertz CT molecular complexity index is 538. The minimum atomic E-state index is -1.86. The van der Waals surface area contributed by atoms with E-state index in [2.05, 4.69) is 0 Å². The zero-order valence-electron chi connectivity index (χ0n) is 8.55. The predicted octanol–water partition coefficient (Wildman–Crippen LogP) is 2.95. The summed E-state index contributed by atoms with van der Waals surface area (Å²) in [5, 5.41) is 9.82. The van der Waals surface area contributed by atoms with Crippen LogP contribution in [0.3, 0.4) is 0 Å². The molecule has 1 N–H and O–H groups in total. The third-order valence-corrected chi connectivity index (χ3v) is 3.53. The fourth-order valence-corrected chi connectivity index (χ4v) is 2.71. The molecule has 0 saturated carbocycles. The van der Waals surface area contributed by atoms with Crippen molar-refractivity contribution in [3.8, 4) is 0 Å². The molecule has 2 aliphatic carbocycles. The van der Waals surface area contributed by atoms with E-state index in [1.54, 1.807) is 12.2 Å². The summed E-state index contributed by atoms with van der Waals surface area (Å²) >= 11 is 0. The minimum Gasteiger partial charge on any atom is -0.388 e.